The van der Waals surface area contributed by atoms with Gasteiger partial charge in [0, 0.05) is 38.4 Å². The summed E-state index contributed by atoms with van der Waals surface area (Å²) in [6.07, 6.45) is 0. The molecule has 0 saturated carbocycles. The second kappa shape index (κ2) is 8.52. The van der Waals surface area contributed by atoms with Crippen molar-refractivity contribution in [2.75, 3.05) is 44.2 Å². The van der Waals surface area contributed by atoms with Crippen LogP contribution in [0.4, 0.5) is 14.9 Å². The van der Waals surface area contributed by atoms with Crippen LogP contribution in [0.2, 0.25) is 0 Å². The van der Waals surface area contributed by atoms with Gasteiger partial charge in [0.05, 0.1) is 6.54 Å². The molecule has 6 nitrogen and oxygen atoms in total. The van der Waals surface area contributed by atoms with Gasteiger partial charge in [-0.05, 0) is 30.2 Å². The van der Waals surface area contributed by atoms with E-state index in [1.54, 1.807) is 17.0 Å². The van der Waals surface area contributed by atoms with Gasteiger partial charge in [-0.2, -0.15) is 0 Å². The zero-order chi connectivity index (χ0) is 17.5. The smallest absolute Gasteiger partial charge is 0.315 e. The third kappa shape index (κ3) is 5.40. The fourth-order valence-corrected chi connectivity index (χ4v) is 2.49. The van der Waals surface area contributed by atoms with Crippen LogP contribution >= 0.6 is 0 Å². The molecule has 0 atom stereocenters. The second-order valence-corrected chi connectivity index (χ2v) is 6.30. The molecule has 1 heterocycles. The first-order valence-corrected chi connectivity index (χ1v) is 8.25. The van der Waals surface area contributed by atoms with Crippen molar-refractivity contribution in [3.8, 4) is 0 Å². The maximum atomic E-state index is 13.0. The Morgan fingerprint density at radius 2 is 1.71 bits per heavy atom. The van der Waals surface area contributed by atoms with E-state index in [4.69, 9.17) is 0 Å². The Kier molecular flexibility index (Phi) is 6.40. The number of piperazine rings is 1. The first kappa shape index (κ1) is 18.0. The van der Waals surface area contributed by atoms with Gasteiger partial charge < -0.3 is 20.4 Å². The molecule has 0 bridgehead atoms. The van der Waals surface area contributed by atoms with Gasteiger partial charge in [-0.15, -0.1) is 0 Å². The van der Waals surface area contributed by atoms with Gasteiger partial charge >= 0.3 is 6.03 Å². The Labute approximate surface area is 142 Å². The number of carbonyl (C=O) groups is 2. The van der Waals surface area contributed by atoms with E-state index in [0.29, 0.717) is 38.6 Å². The van der Waals surface area contributed by atoms with Crippen LogP contribution in [0.3, 0.4) is 0 Å². The van der Waals surface area contributed by atoms with Crippen LogP contribution in [0.1, 0.15) is 13.8 Å². The van der Waals surface area contributed by atoms with E-state index >= 15 is 0 Å². The molecule has 132 valence electrons. The predicted octanol–water partition coefficient (Wildman–Crippen LogP) is 1.43. The van der Waals surface area contributed by atoms with Crippen molar-refractivity contribution in [3.05, 3.63) is 30.1 Å². The topological polar surface area (TPSA) is 64.7 Å². The van der Waals surface area contributed by atoms with Gasteiger partial charge in [-0.25, -0.2) is 9.18 Å². The Bertz CT molecular complexity index is 554. The van der Waals surface area contributed by atoms with Gasteiger partial charge in [0.25, 0.3) is 0 Å². The minimum atomic E-state index is -0.318. The minimum absolute atomic E-state index is 0.000473. The molecule has 1 saturated heterocycles. The van der Waals surface area contributed by atoms with Crippen molar-refractivity contribution in [1.82, 2.24) is 15.5 Å². The number of hydrogen-bond acceptors (Lipinski definition) is 3. The van der Waals surface area contributed by atoms with Crippen LogP contribution in [-0.2, 0) is 4.79 Å². The molecule has 2 N–H and O–H groups in total. The highest BCUT2D eigenvalue weighted by Crippen LogP contribution is 2.16. The Morgan fingerprint density at radius 1 is 1.08 bits per heavy atom. The highest BCUT2D eigenvalue weighted by Gasteiger charge is 2.21. The lowest BCUT2D eigenvalue weighted by Crippen LogP contribution is -2.52. The molecule has 1 aromatic rings. The summed E-state index contributed by atoms with van der Waals surface area (Å²) < 4.78 is 13.0. The lowest BCUT2D eigenvalue weighted by Gasteiger charge is -2.36. The molecule has 24 heavy (non-hydrogen) atoms. The van der Waals surface area contributed by atoms with Crippen molar-refractivity contribution in [2.24, 2.45) is 5.92 Å². The zero-order valence-corrected chi connectivity index (χ0v) is 14.2. The molecule has 2 rings (SSSR count). The normalized spacial score (nSPS) is 14.7. The summed E-state index contributed by atoms with van der Waals surface area (Å²) in [7, 11) is 0. The number of hydrogen-bond donors (Lipinski definition) is 2. The largest absolute Gasteiger partial charge is 0.368 e. The van der Waals surface area contributed by atoms with E-state index in [0.717, 1.165) is 5.69 Å². The van der Waals surface area contributed by atoms with Crippen LogP contribution in [0.5, 0.6) is 0 Å². The van der Waals surface area contributed by atoms with Crippen LogP contribution < -0.4 is 15.5 Å². The molecule has 0 aromatic heterocycles. The third-order valence-electron chi connectivity index (χ3n) is 3.90. The summed E-state index contributed by atoms with van der Waals surface area (Å²) in [6, 6.07) is 6.04. The molecule has 1 fully saturated rings. The number of halogens is 1. The summed E-state index contributed by atoms with van der Waals surface area (Å²) in [5.74, 6) is 0.0221. The molecule has 1 aliphatic rings. The molecule has 1 aromatic carbocycles. The molecule has 3 amide bonds. The Morgan fingerprint density at radius 3 is 2.29 bits per heavy atom. The van der Waals surface area contributed by atoms with E-state index in [9.17, 15) is 14.0 Å². The third-order valence-corrected chi connectivity index (χ3v) is 3.90. The first-order valence-electron chi connectivity index (χ1n) is 8.25. The minimum Gasteiger partial charge on any atom is -0.368 e. The number of benzene rings is 1. The monoisotopic (exact) mass is 336 g/mol. The SMILES string of the molecule is CC(C)CNC(=O)NCC(=O)N1CCN(c2ccc(F)cc2)CC1. The first-order chi connectivity index (χ1) is 11.5. The number of anilines is 1. The van der Waals surface area contributed by atoms with Crippen molar-refractivity contribution in [3.63, 3.8) is 0 Å². The van der Waals surface area contributed by atoms with Crippen LogP contribution in [0.15, 0.2) is 24.3 Å². The van der Waals surface area contributed by atoms with Gasteiger partial charge in [-0.1, -0.05) is 13.8 Å². The molecule has 0 radical (unpaired) electrons. The molecule has 0 unspecified atom stereocenters. The van der Waals surface area contributed by atoms with Crippen molar-refractivity contribution in [2.45, 2.75) is 13.8 Å². The van der Waals surface area contributed by atoms with E-state index in [2.05, 4.69) is 15.5 Å². The summed E-state index contributed by atoms with van der Waals surface area (Å²) in [6.45, 7) is 7.15. The number of nitrogens with zero attached hydrogens (tertiary/aromatic N) is 2. The standard InChI is InChI=1S/C17H25FN4O2/c1-13(2)11-19-17(24)20-12-16(23)22-9-7-21(8-10-22)15-5-3-14(18)4-6-15/h3-6,13H,7-12H2,1-2H3,(H2,19,20,24). The molecule has 1 aliphatic heterocycles. The second-order valence-electron chi connectivity index (χ2n) is 6.30. The quantitative estimate of drug-likeness (QED) is 0.855. The van der Waals surface area contributed by atoms with E-state index in [1.165, 1.54) is 12.1 Å². The maximum Gasteiger partial charge on any atom is 0.315 e. The number of rotatable bonds is 5. The number of urea groups is 1. The van der Waals surface area contributed by atoms with Crippen LogP contribution in [-0.4, -0.2) is 56.1 Å². The van der Waals surface area contributed by atoms with Gasteiger partial charge in [0.15, 0.2) is 0 Å². The summed E-state index contributed by atoms with van der Waals surface area (Å²) in [5, 5.41) is 5.30. The highest BCUT2D eigenvalue weighted by molar-refractivity contribution is 5.84. The number of amides is 3. The fourth-order valence-electron chi connectivity index (χ4n) is 2.49. The molecule has 0 aliphatic carbocycles. The Hall–Kier alpha value is -2.31. The molecule has 0 spiro atoms. The van der Waals surface area contributed by atoms with Crippen molar-refractivity contribution in [1.29, 1.82) is 0 Å². The van der Waals surface area contributed by atoms with Crippen LogP contribution in [0.25, 0.3) is 0 Å². The molecular formula is C17H25FN4O2. The summed E-state index contributed by atoms with van der Waals surface area (Å²) >= 11 is 0. The average molecular weight is 336 g/mol. The van der Waals surface area contributed by atoms with Crippen molar-refractivity contribution >= 4 is 17.6 Å². The molecular weight excluding hydrogens is 311 g/mol. The van der Waals surface area contributed by atoms with Crippen LogP contribution in [0, 0.1) is 11.7 Å². The van der Waals surface area contributed by atoms with Gasteiger partial charge in [-0.3, -0.25) is 4.79 Å². The zero-order valence-electron chi connectivity index (χ0n) is 14.2. The van der Waals surface area contributed by atoms with E-state index in [1.807, 2.05) is 13.8 Å². The lowest BCUT2D eigenvalue weighted by molar-refractivity contribution is -0.130. The van der Waals surface area contributed by atoms with Gasteiger partial charge in [0.1, 0.15) is 5.82 Å². The average Bonchev–Trinajstić information content (AvgIpc) is 2.58. The number of nitrogens with one attached hydrogen (secondary N) is 2. The van der Waals surface area contributed by atoms with E-state index in [-0.39, 0.29) is 24.3 Å². The summed E-state index contributed by atoms with van der Waals surface area (Å²) in [4.78, 5) is 27.6. The van der Waals surface area contributed by atoms with E-state index < -0.39 is 0 Å². The fraction of sp³-hybridized carbons (Fsp3) is 0.529. The predicted molar refractivity (Wildman–Crippen MR) is 91.4 cm³/mol. The maximum absolute atomic E-state index is 13.0. The number of carbonyl (C=O) groups excluding carboxylic acids is 2. The Balaban J connectivity index is 1.72. The van der Waals surface area contributed by atoms with Gasteiger partial charge in [0.2, 0.25) is 5.91 Å². The highest BCUT2D eigenvalue weighted by atomic mass is 19.1. The lowest BCUT2D eigenvalue weighted by atomic mass is 10.2. The summed E-state index contributed by atoms with van der Waals surface area (Å²) in [5.41, 5.74) is 0.953. The molecule has 7 heteroatoms. The van der Waals surface area contributed by atoms with Crippen molar-refractivity contribution < 1.29 is 14.0 Å².